The van der Waals surface area contributed by atoms with E-state index in [1.807, 2.05) is 7.05 Å². The summed E-state index contributed by atoms with van der Waals surface area (Å²) >= 11 is 0. The smallest absolute Gasteiger partial charge is 0.122 e. The van der Waals surface area contributed by atoms with Crippen LogP contribution in [0.1, 0.15) is 18.1 Å². The number of hydrogen-bond donors (Lipinski definition) is 1. The van der Waals surface area contributed by atoms with Gasteiger partial charge in [0.1, 0.15) is 5.75 Å². The zero-order valence-electron chi connectivity index (χ0n) is 12.1. The highest BCUT2D eigenvalue weighted by molar-refractivity contribution is 5.37. The van der Waals surface area contributed by atoms with Gasteiger partial charge in [0.2, 0.25) is 0 Å². The lowest BCUT2D eigenvalue weighted by molar-refractivity contribution is 0.339. The van der Waals surface area contributed by atoms with E-state index in [4.69, 9.17) is 4.74 Å². The number of nitrogens with zero attached hydrogens (tertiary/aromatic N) is 1. The van der Waals surface area contributed by atoms with Crippen molar-refractivity contribution in [3.05, 3.63) is 29.3 Å². The monoisotopic (exact) mass is 250 g/mol. The molecule has 1 N–H and O–H groups in total. The quantitative estimate of drug-likeness (QED) is 0.763. The van der Waals surface area contributed by atoms with Crippen LogP contribution in [-0.2, 0) is 12.8 Å². The van der Waals surface area contributed by atoms with E-state index < -0.39 is 0 Å². The molecule has 3 nitrogen and oxygen atoms in total. The number of nitrogens with one attached hydrogen (secondary N) is 1. The minimum Gasteiger partial charge on any atom is -0.496 e. The van der Waals surface area contributed by atoms with Crippen LogP contribution in [0.4, 0.5) is 0 Å². The molecule has 1 aromatic rings. The SMILES string of the molecule is CCc1cc(CCN(C)CCNC)ccc1OC. The molecule has 0 aromatic heterocycles. The van der Waals surface area contributed by atoms with Gasteiger partial charge in [0.25, 0.3) is 0 Å². The van der Waals surface area contributed by atoms with Crippen LogP contribution in [0.5, 0.6) is 5.75 Å². The fourth-order valence-electron chi connectivity index (χ4n) is 2.00. The van der Waals surface area contributed by atoms with E-state index in [9.17, 15) is 0 Å². The van der Waals surface area contributed by atoms with Crippen LogP contribution >= 0.6 is 0 Å². The summed E-state index contributed by atoms with van der Waals surface area (Å²) in [4.78, 5) is 2.35. The Morgan fingerprint density at radius 2 is 2.06 bits per heavy atom. The molecule has 0 fully saturated rings. The molecule has 0 heterocycles. The van der Waals surface area contributed by atoms with Crippen LogP contribution in [-0.4, -0.2) is 45.7 Å². The van der Waals surface area contributed by atoms with E-state index in [0.717, 1.165) is 38.2 Å². The van der Waals surface area contributed by atoms with Gasteiger partial charge in [-0.1, -0.05) is 19.1 Å². The third-order valence-corrected chi connectivity index (χ3v) is 3.25. The summed E-state index contributed by atoms with van der Waals surface area (Å²) in [6, 6.07) is 6.52. The normalized spacial score (nSPS) is 10.9. The Bertz CT molecular complexity index is 352. The number of benzene rings is 1. The molecule has 0 saturated carbocycles. The zero-order valence-corrected chi connectivity index (χ0v) is 12.1. The highest BCUT2D eigenvalue weighted by Gasteiger charge is 2.04. The van der Waals surface area contributed by atoms with Crippen molar-refractivity contribution in [3.63, 3.8) is 0 Å². The van der Waals surface area contributed by atoms with Crippen molar-refractivity contribution in [3.8, 4) is 5.75 Å². The van der Waals surface area contributed by atoms with Crippen molar-refractivity contribution < 1.29 is 4.74 Å². The first-order valence-electron chi connectivity index (χ1n) is 6.70. The van der Waals surface area contributed by atoms with Crippen molar-refractivity contribution >= 4 is 0 Å². The molecular formula is C15H26N2O. The third-order valence-electron chi connectivity index (χ3n) is 3.25. The number of ether oxygens (including phenoxy) is 1. The molecule has 0 bridgehead atoms. The number of likely N-dealkylation sites (N-methyl/N-ethyl adjacent to an activating group) is 2. The van der Waals surface area contributed by atoms with E-state index in [-0.39, 0.29) is 0 Å². The standard InChI is InChI=1S/C15H26N2O/c1-5-14-12-13(6-7-15(14)18-4)8-10-17(3)11-9-16-2/h6-7,12,16H,5,8-11H2,1-4H3. The summed E-state index contributed by atoms with van der Waals surface area (Å²) in [6.45, 7) is 5.39. The molecule has 0 unspecified atom stereocenters. The molecule has 0 radical (unpaired) electrons. The maximum Gasteiger partial charge on any atom is 0.122 e. The predicted octanol–water partition coefficient (Wildman–Crippen LogP) is 1.95. The van der Waals surface area contributed by atoms with Gasteiger partial charge < -0.3 is 15.0 Å². The number of methoxy groups -OCH3 is 1. The van der Waals surface area contributed by atoms with E-state index in [1.54, 1.807) is 7.11 Å². The lowest BCUT2D eigenvalue weighted by atomic mass is 10.1. The first-order chi connectivity index (χ1) is 8.71. The molecule has 0 amide bonds. The second-order valence-corrected chi connectivity index (χ2v) is 4.66. The van der Waals surface area contributed by atoms with Crippen LogP contribution in [0, 0.1) is 0 Å². The van der Waals surface area contributed by atoms with Gasteiger partial charge in [-0.2, -0.15) is 0 Å². The fraction of sp³-hybridized carbons (Fsp3) is 0.600. The Morgan fingerprint density at radius 3 is 2.67 bits per heavy atom. The maximum atomic E-state index is 5.35. The van der Waals surface area contributed by atoms with Crippen molar-refractivity contribution in [1.29, 1.82) is 0 Å². The first kappa shape index (κ1) is 15.0. The summed E-state index contributed by atoms with van der Waals surface area (Å²) < 4.78 is 5.35. The van der Waals surface area contributed by atoms with Crippen LogP contribution in [0.15, 0.2) is 18.2 Å². The molecule has 18 heavy (non-hydrogen) atoms. The van der Waals surface area contributed by atoms with Gasteiger partial charge in [0, 0.05) is 19.6 Å². The van der Waals surface area contributed by atoms with Crippen molar-refractivity contribution in [2.75, 3.05) is 40.8 Å². The predicted molar refractivity (Wildman–Crippen MR) is 77.5 cm³/mol. The molecule has 0 saturated heterocycles. The van der Waals surface area contributed by atoms with Crippen molar-refractivity contribution in [2.45, 2.75) is 19.8 Å². The van der Waals surface area contributed by atoms with Gasteiger partial charge in [-0.15, -0.1) is 0 Å². The Morgan fingerprint density at radius 1 is 1.28 bits per heavy atom. The largest absolute Gasteiger partial charge is 0.496 e. The van der Waals surface area contributed by atoms with E-state index in [1.165, 1.54) is 11.1 Å². The zero-order chi connectivity index (χ0) is 13.4. The maximum absolute atomic E-state index is 5.35. The molecule has 0 aliphatic heterocycles. The van der Waals surface area contributed by atoms with E-state index in [2.05, 4.69) is 42.4 Å². The summed E-state index contributed by atoms with van der Waals surface area (Å²) in [5, 5.41) is 3.17. The highest BCUT2D eigenvalue weighted by atomic mass is 16.5. The molecule has 0 spiro atoms. The number of aryl methyl sites for hydroxylation is 1. The molecule has 0 aliphatic carbocycles. The molecule has 102 valence electrons. The van der Waals surface area contributed by atoms with Gasteiger partial charge >= 0.3 is 0 Å². The topological polar surface area (TPSA) is 24.5 Å². The molecule has 0 atom stereocenters. The average molecular weight is 250 g/mol. The Hall–Kier alpha value is -1.06. The second kappa shape index (κ2) is 8.11. The summed E-state index contributed by atoms with van der Waals surface area (Å²) in [6.07, 6.45) is 2.11. The van der Waals surface area contributed by atoms with Crippen molar-refractivity contribution in [2.24, 2.45) is 0 Å². The Balaban J connectivity index is 2.52. The van der Waals surface area contributed by atoms with E-state index in [0.29, 0.717) is 0 Å². The fourth-order valence-corrected chi connectivity index (χ4v) is 2.00. The minimum absolute atomic E-state index is 1.00. The van der Waals surface area contributed by atoms with Gasteiger partial charge in [-0.25, -0.2) is 0 Å². The van der Waals surface area contributed by atoms with Crippen molar-refractivity contribution in [1.82, 2.24) is 10.2 Å². The average Bonchev–Trinajstić information content (AvgIpc) is 2.42. The van der Waals surface area contributed by atoms with Crippen LogP contribution in [0.25, 0.3) is 0 Å². The number of hydrogen-bond acceptors (Lipinski definition) is 3. The number of rotatable bonds is 8. The van der Waals surface area contributed by atoms with Gasteiger partial charge in [0.15, 0.2) is 0 Å². The van der Waals surface area contributed by atoms with E-state index >= 15 is 0 Å². The lowest BCUT2D eigenvalue weighted by Gasteiger charge is -2.16. The minimum atomic E-state index is 1.00. The van der Waals surface area contributed by atoms with Crippen LogP contribution in [0.2, 0.25) is 0 Å². The Kier molecular flexibility index (Phi) is 6.76. The summed E-state index contributed by atoms with van der Waals surface area (Å²) in [5.74, 6) is 1.00. The Labute approximate surface area is 111 Å². The highest BCUT2D eigenvalue weighted by Crippen LogP contribution is 2.20. The van der Waals surface area contributed by atoms with Crippen LogP contribution < -0.4 is 10.1 Å². The molecule has 0 aliphatic rings. The molecule has 1 rings (SSSR count). The summed E-state index contributed by atoms with van der Waals surface area (Å²) in [7, 11) is 5.89. The van der Waals surface area contributed by atoms with Crippen LogP contribution in [0.3, 0.4) is 0 Å². The summed E-state index contributed by atoms with van der Waals surface area (Å²) in [5.41, 5.74) is 2.69. The third kappa shape index (κ3) is 4.67. The molecule has 3 heteroatoms. The van der Waals surface area contributed by atoms with Gasteiger partial charge in [-0.05, 0) is 44.1 Å². The first-order valence-corrected chi connectivity index (χ1v) is 6.70. The van der Waals surface area contributed by atoms with Gasteiger partial charge in [-0.3, -0.25) is 0 Å². The lowest BCUT2D eigenvalue weighted by Crippen LogP contribution is -2.29. The van der Waals surface area contributed by atoms with Gasteiger partial charge in [0.05, 0.1) is 7.11 Å². The molecule has 1 aromatic carbocycles. The second-order valence-electron chi connectivity index (χ2n) is 4.66. The molecular weight excluding hydrogens is 224 g/mol.